The van der Waals surface area contributed by atoms with E-state index in [2.05, 4.69) is 9.84 Å². The number of rotatable bonds is 10. The van der Waals surface area contributed by atoms with Crippen LogP contribution in [0.1, 0.15) is 27.0 Å². The number of hydrogen-bond donors (Lipinski definition) is 1. The molecule has 0 saturated carbocycles. The SMILES string of the molecule is COC(=O)c1ccc(COc2ccc(/C=N\NS(=O)(=O)c3ccc(C)c([N+](=O)[O-])c3)cc2OC)cc1. The molecule has 11 nitrogen and oxygen atoms in total. The highest BCUT2D eigenvalue weighted by atomic mass is 32.2. The fourth-order valence-corrected chi connectivity index (χ4v) is 3.89. The summed E-state index contributed by atoms with van der Waals surface area (Å²) in [5.41, 5.74) is 1.80. The molecule has 0 aromatic heterocycles. The monoisotopic (exact) mass is 513 g/mol. The third-order valence-electron chi connectivity index (χ3n) is 5.03. The fraction of sp³-hybridized carbons (Fsp3) is 0.167. The van der Waals surface area contributed by atoms with Crippen molar-refractivity contribution < 1.29 is 32.3 Å². The molecule has 36 heavy (non-hydrogen) atoms. The van der Waals surface area contributed by atoms with Gasteiger partial charge in [0.2, 0.25) is 0 Å². The minimum absolute atomic E-state index is 0.216. The van der Waals surface area contributed by atoms with Gasteiger partial charge in [-0.3, -0.25) is 10.1 Å². The molecule has 3 rings (SSSR count). The molecule has 0 unspecified atom stereocenters. The van der Waals surface area contributed by atoms with Gasteiger partial charge in [-0.15, -0.1) is 0 Å². The van der Waals surface area contributed by atoms with E-state index in [9.17, 15) is 23.3 Å². The third kappa shape index (κ3) is 6.36. The van der Waals surface area contributed by atoms with Crippen LogP contribution in [-0.2, 0) is 21.4 Å². The van der Waals surface area contributed by atoms with Gasteiger partial charge in [0.1, 0.15) is 6.61 Å². The second kappa shape index (κ2) is 11.3. The largest absolute Gasteiger partial charge is 0.493 e. The lowest BCUT2D eigenvalue weighted by atomic mass is 10.1. The smallest absolute Gasteiger partial charge is 0.337 e. The lowest BCUT2D eigenvalue weighted by molar-refractivity contribution is -0.385. The highest BCUT2D eigenvalue weighted by molar-refractivity contribution is 7.89. The van der Waals surface area contributed by atoms with Crippen molar-refractivity contribution >= 4 is 27.9 Å². The minimum atomic E-state index is -4.11. The summed E-state index contributed by atoms with van der Waals surface area (Å²) in [7, 11) is -1.34. The molecular formula is C24H23N3O8S. The molecule has 12 heteroatoms. The van der Waals surface area contributed by atoms with Gasteiger partial charge in [0.05, 0.1) is 35.8 Å². The van der Waals surface area contributed by atoms with E-state index in [-0.39, 0.29) is 17.2 Å². The number of sulfonamides is 1. The predicted octanol–water partition coefficient (Wildman–Crippen LogP) is 3.59. The van der Waals surface area contributed by atoms with Gasteiger partial charge >= 0.3 is 5.97 Å². The number of carbonyl (C=O) groups is 1. The molecule has 188 valence electrons. The number of benzene rings is 3. The lowest BCUT2D eigenvalue weighted by Gasteiger charge is -2.11. The number of nitro benzene ring substituents is 1. The zero-order valence-electron chi connectivity index (χ0n) is 19.6. The Morgan fingerprint density at radius 3 is 2.42 bits per heavy atom. The Labute approximate surface area is 207 Å². The van der Waals surface area contributed by atoms with Crippen LogP contribution in [0.2, 0.25) is 0 Å². The van der Waals surface area contributed by atoms with Crippen LogP contribution in [0.3, 0.4) is 0 Å². The molecule has 1 N–H and O–H groups in total. The van der Waals surface area contributed by atoms with Gasteiger partial charge in [0, 0.05) is 11.6 Å². The Bertz CT molecular complexity index is 1400. The molecule has 0 atom stereocenters. The van der Waals surface area contributed by atoms with Crippen LogP contribution in [0.15, 0.2) is 70.7 Å². The van der Waals surface area contributed by atoms with Crippen LogP contribution < -0.4 is 14.3 Å². The van der Waals surface area contributed by atoms with Crippen molar-refractivity contribution in [3.63, 3.8) is 0 Å². The lowest BCUT2D eigenvalue weighted by Crippen LogP contribution is -2.18. The van der Waals surface area contributed by atoms with Crippen LogP contribution in [0.5, 0.6) is 11.5 Å². The number of hydrogen-bond acceptors (Lipinski definition) is 9. The molecule has 0 radical (unpaired) electrons. The van der Waals surface area contributed by atoms with Crippen molar-refractivity contribution in [2.75, 3.05) is 14.2 Å². The topological polar surface area (TPSA) is 146 Å². The van der Waals surface area contributed by atoms with E-state index in [1.807, 2.05) is 4.83 Å². The van der Waals surface area contributed by atoms with Crippen LogP contribution in [0.25, 0.3) is 0 Å². The first-order valence-electron chi connectivity index (χ1n) is 10.4. The van der Waals surface area contributed by atoms with E-state index in [0.717, 1.165) is 11.6 Å². The van der Waals surface area contributed by atoms with Gasteiger partial charge in [0.15, 0.2) is 11.5 Å². The maximum Gasteiger partial charge on any atom is 0.337 e. The number of methoxy groups -OCH3 is 2. The van der Waals surface area contributed by atoms with E-state index >= 15 is 0 Å². The number of aryl methyl sites for hydroxylation is 1. The van der Waals surface area contributed by atoms with Gasteiger partial charge in [-0.2, -0.15) is 13.5 Å². The number of nitro groups is 1. The second-order valence-electron chi connectivity index (χ2n) is 7.45. The van der Waals surface area contributed by atoms with Gasteiger partial charge < -0.3 is 14.2 Å². The van der Waals surface area contributed by atoms with Gasteiger partial charge in [0.25, 0.3) is 15.7 Å². The molecule has 0 aliphatic carbocycles. The Morgan fingerprint density at radius 2 is 1.78 bits per heavy atom. The Balaban J connectivity index is 1.67. The Morgan fingerprint density at radius 1 is 1.06 bits per heavy atom. The van der Waals surface area contributed by atoms with Crippen molar-refractivity contribution in [2.45, 2.75) is 18.4 Å². The molecule has 0 bridgehead atoms. The minimum Gasteiger partial charge on any atom is -0.493 e. The molecule has 0 saturated heterocycles. The average Bonchev–Trinajstić information content (AvgIpc) is 2.87. The van der Waals surface area contributed by atoms with Gasteiger partial charge in [-0.1, -0.05) is 18.2 Å². The maximum atomic E-state index is 12.5. The number of nitrogens with zero attached hydrogens (tertiary/aromatic N) is 2. The summed E-state index contributed by atoms with van der Waals surface area (Å²) in [5.74, 6) is 0.408. The number of nitrogens with one attached hydrogen (secondary N) is 1. The van der Waals surface area contributed by atoms with Crippen LogP contribution in [0.4, 0.5) is 5.69 Å². The zero-order valence-corrected chi connectivity index (χ0v) is 20.4. The summed E-state index contributed by atoms with van der Waals surface area (Å²) in [5, 5.41) is 14.8. The first-order chi connectivity index (χ1) is 17.1. The Kier molecular flexibility index (Phi) is 8.22. The summed E-state index contributed by atoms with van der Waals surface area (Å²) in [6, 6.07) is 15.2. The quantitative estimate of drug-likeness (QED) is 0.187. The van der Waals surface area contributed by atoms with Crippen molar-refractivity contribution in [3.05, 3.63) is 93.0 Å². The molecule has 0 heterocycles. The molecular weight excluding hydrogens is 490 g/mol. The maximum absolute atomic E-state index is 12.5. The zero-order chi connectivity index (χ0) is 26.3. The third-order valence-corrected chi connectivity index (χ3v) is 6.25. The van der Waals surface area contributed by atoms with E-state index in [1.54, 1.807) is 42.5 Å². The first-order valence-corrected chi connectivity index (χ1v) is 11.9. The fourth-order valence-electron chi connectivity index (χ4n) is 3.08. The summed E-state index contributed by atoms with van der Waals surface area (Å²) in [6.45, 7) is 1.73. The predicted molar refractivity (Wildman–Crippen MR) is 131 cm³/mol. The van der Waals surface area contributed by atoms with E-state index < -0.39 is 20.9 Å². The van der Waals surface area contributed by atoms with E-state index in [4.69, 9.17) is 9.47 Å². The molecule has 0 fully saturated rings. The molecule has 0 aliphatic rings. The second-order valence-corrected chi connectivity index (χ2v) is 9.11. The number of esters is 1. The highest BCUT2D eigenvalue weighted by Crippen LogP contribution is 2.28. The van der Waals surface area contributed by atoms with Crippen LogP contribution >= 0.6 is 0 Å². The molecule has 0 aliphatic heterocycles. The summed E-state index contributed by atoms with van der Waals surface area (Å²) in [6.07, 6.45) is 1.26. The number of ether oxygens (including phenoxy) is 3. The van der Waals surface area contributed by atoms with Crippen LogP contribution in [0, 0.1) is 17.0 Å². The van der Waals surface area contributed by atoms with Crippen LogP contribution in [-0.4, -0.2) is 39.7 Å². The molecule has 0 spiro atoms. The molecule has 0 amide bonds. The summed E-state index contributed by atoms with van der Waals surface area (Å²) < 4.78 is 40.8. The van der Waals surface area contributed by atoms with E-state index in [1.165, 1.54) is 39.5 Å². The van der Waals surface area contributed by atoms with Gasteiger partial charge in [-0.25, -0.2) is 9.63 Å². The summed E-state index contributed by atoms with van der Waals surface area (Å²) >= 11 is 0. The summed E-state index contributed by atoms with van der Waals surface area (Å²) in [4.78, 5) is 23.7. The van der Waals surface area contributed by atoms with Crippen molar-refractivity contribution in [1.29, 1.82) is 0 Å². The van der Waals surface area contributed by atoms with Crippen molar-refractivity contribution in [3.8, 4) is 11.5 Å². The standard InChI is InChI=1S/C24H23N3O8S/c1-16-4-10-20(13-21(16)27(29)30)36(31,32)26-25-14-18-7-11-22(23(12-18)33-2)35-15-17-5-8-19(9-6-17)24(28)34-3/h4-14,26H,15H2,1-3H3/b25-14-. The average molecular weight is 514 g/mol. The van der Waals surface area contributed by atoms with Gasteiger partial charge in [-0.05, 0) is 54.4 Å². The van der Waals surface area contributed by atoms with Crippen molar-refractivity contribution in [2.24, 2.45) is 5.10 Å². The van der Waals surface area contributed by atoms with Crippen molar-refractivity contribution in [1.82, 2.24) is 4.83 Å². The Hall–Kier alpha value is -4.45. The number of hydrazone groups is 1. The highest BCUT2D eigenvalue weighted by Gasteiger charge is 2.19. The normalized spacial score (nSPS) is 11.2. The number of carbonyl (C=O) groups excluding carboxylic acids is 1. The molecule has 3 aromatic carbocycles. The first kappa shape index (κ1) is 26.2. The molecule has 3 aromatic rings. The van der Waals surface area contributed by atoms with E-state index in [0.29, 0.717) is 28.2 Å².